The van der Waals surface area contributed by atoms with Gasteiger partial charge >= 0.3 is 12.0 Å². The largest absolute Gasteiger partial charge is 0.478 e. The quantitative estimate of drug-likeness (QED) is 0.871. The Balaban J connectivity index is 2.17. The molecule has 2 N–H and O–H groups in total. The minimum atomic E-state index is -1.20. The molecule has 1 fully saturated rings. The Morgan fingerprint density at radius 1 is 1.45 bits per heavy atom. The molecule has 0 heterocycles. The number of carboxylic acid groups (broad SMARTS) is 1. The fourth-order valence-corrected chi connectivity index (χ4v) is 2.07. The van der Waals surface area contributed by atoms with E-state index in [0.717, 1.165) is 37.5 Å². The fraction of sp³-hybridized carbons (Fsp3) is 0.429. The van der Waals surface area contributed by atoms with Gasteiger partial charge in [-0.1, -0.05) is 6.92 Å². The van der Waals surface area contributed by atoms with Gasteiger partial charge in [0, 0.05) is 12.6 Å². The SMILES string of the molecule is CCCN(C(=O)Nc1cc(F)ccc1C(=O)O)C1CC1. The molecular formula is C14H17FN2O3. The van der Waals surface area contributed by atoms with E-state index in [-0.39, 0.29) is 23.3 Å². The molecule has 1 aromatic rings. The maximum Gasteiger partial charge on any atom is 0.337 e. The highest BCUT2D eigenvalue weighted by atomic mass is 19.1. The van der Waals surface area contributed by atoms with Crippen molar-refractivity contribution in [2.75, 3.05) is 11.9 Å². The minimum absolute atomic E-state index is 0.00995. The van der Waals surface area contributed by atoms with Crippen molar-refractivity contribution in [2.24, 2.45) is 0 Å². The zero-order valence-corrected chi connectivity index (χ0v) is 11.2. The summed E-state index contributed by atoms with van der Waals surface area (Å²) in [6, 6.07) is 3.08. The van der Waals surface area contributed by atoms with Gasteiger partial charge in [-0.2, -0.15) is 0 Å². The number of carboxylic acids is 1. The molecule has 108 valence electrons. The summed E-state index contributed by atoms with van der Waals surface area (Å²) < 4.78 is 13.2. The van der Waals surface area contributed by atoms with Gasteiger partial charge < -0.3 is 15.3 Å². The number of rotatable bonds is 5. The molecule has 0 atom stereocenters. The first-order valence-electron chi connectivity index (χ1n) is 6.63. The van der Waals surface area contributed by atoms with Crippen molar-refractivity contribution >= 4 is 17.7 Å². The lowest BCUT2D eigenvalue weighted by Crippen LogP contribution is -2.37. The van der Waals surface area contributed by atoms with Crippen LogP contribution in [0.1, 0.15) is 36.5 Å². The molecule has 0 aliphatic heterocycles. The highest BCUT2D eigenvalue weighted by molar-refractivity contribution is 6.00. The van der Waals surface area contributed by atoms with Crippen molar-refractivity contribution < 1.29 is 19.1 Å². The number of nitrogens with one attached hydrogen (secondary N) is 1. The number of benzene rings is 1. The third-order valence-electron chi connectivity index (χ3n) is 3.17. The molecule has 20 heavy (non-hydrogen) atoms. The van der Waals surface area contributed by atoms with Gasteiger partial charge in [0.2, 0.25) is 0 Å². The maximum atomic E-state index is 13.2. The number of hydrogen-bond acceptors (Lipinski definition) is 2. The summed E-state index contributed by atoms with van der Waals surface area (Å²) in [6.07, 6.45) is 2.74. The second kappa shape index (κ2) is 5.90. The number of anilines is 1. The molecule has 0 unspecified atom stereocenters. The number of hydrogen-bond donors (Lipinski definition) is 2. The predicted octanol–water partition coefficient (Wildman–Crippen LogP) is 2.93. The first-order chi connectivity index (χ1) is 9.52. The van der Waals surface area contributed by atoms with Crippen LogP contribution in [0, 0.1) is 5.82 Å². The molecule has 2 rings (SSSR count). The minimum Gasteiger partial charge on any atom is -0.478 e. The Morgan fingerprint density at radius 3 is 2.70 bits per heavy atom. The van der Waals surface area contributed by atoms with Crippen LogP contribution >= 0.6 is 0 Å². The lowest BCUT2D eigenvalue weighted by atomic mass is 10.1. The first kappa shape index (κ1) is 14.3. The number of carbonyl (C=O) groups excluding carboxylic acids is 1. The molecule has 0 aromatic heterocycles. The molecule has 0 radical (unpaired) electrons. The zero-order valence-electron chi connectivity index (χ0n) is 11.2. The molecule has 1 saturated carbocycles. The first-order valence-corrected chi connectivity index (χ1v) is 6.63. The molecule has 0 bridgehead atoms. The van der Waals surface area contributed by atoms with Gasteiger partial charge in [-0.25, -0.2) is 14.0 Å². The summed E-state index contributed by atoms with van der Waals surface area (Å²) in [4.78, 5) is 24.9. The number of halogens is 1. The highest BCUT2D eigenvalue weighted by Crippen LogP contribution is 2.28. The van der Waals surface area contributed by atoms with Crippen LogP contribution in [-0.2, 0) is 0 Å². The fourth-order valence-electron chi connectivity index (χ4n) is 2.07. The molecule has 0 saturated heterocycles. The Hall–Kier alpha value is -2.11. The van der Waals surface area contributed by atoms with Crippen molar-refractivity contribution in [3.63, 3.8) is 0 Å². The number of aromatic carboxylic acids is 1. The summed E-state index contributed by atoms with van der Waals surface area (Å²) in [5.41, 5.74) is -0.128. The van der Waals surface area contributed by atoms with E-state index >= 15 is 0 Å². The van der Waals surface area contributed by atoms with Gasteiger partial charge in [0.05, 0.1) is 11.3 Å². The Morgan fingerprint density at radius 2 is 2.15 bits per heavy atom. The smallest absolute Gasteiger partial charge is 0.337 e. The van der Waals surface area contributed by atoms with Crippen LogP contribution in [0.3, 0.4) is 0 Å². The van der Waals surface area contributed by atoms with Crippen LogP contribution in [0.5, 0.6) is 0 Å². The van der Waals surface area contributed by atoms with E-state index < -0.39 is 11.8 Å². The summed E-state index contributed by atoms with van der Waals surface area (Å²) in [6.45, 7) is 2.57. The normalized spacial score (nSPS) is 13.9. The summed E-state index contributed by atoms with van der Waals surface area (Å²) in [7, 11) is 0. The molecule has 0 spiro atoms. The summed E-state index contributed by atoms with van der Waals surface area (Å²) in [5, 5.41) is 11.6. The van der Waals surface area contributed by atoms with Crippen LogP contribution in [0.4, 0.5) is 14.9 Å². The number of nitrogens with zero attached hydrogens (tertiary/aromatic N) is 1. The second-order valence-corrected chi connectivity index (χ2v) is 4.85. The standard InChI is InChI=1S/C14H17FN2O3/c1-2-7-17(10-4-5-10)14(20)16-12-8-9(15)3-6-11(12)13(18)19/h3,6,8,10H,2,4-5,7H2,1H3,(H,16,20)(H,18,19). The van der Waals surface area contributed by atoms with Crippen molar-refractivity contribution in [3.8, 4) is 0 Å². The molecule has 6 heteroatoms. The van der Waals surface area contributed by atoms with Crippen LogP contribution in [0.2, 0.25) is 0 Å². The van der Waals surface area contributed by atoms with E-state index in [0.29, 0.717) is 6.54 Å². The van der Waals surface area contributed by atoms with E-state index in [1.807, 2.05) is 6.92 Å². The summed E-state index contributed by atoms with van der Waals surface area (Å²) in [5.74, 6) is -1.78. The molecule has 1 aliphatic rings. The van der Waals surface area contributed by atoms with Gasteiger partial charge in [-0.05, 0) is 37.5 Å². The average molecular weight is 280 g/mol. The van der Waals surface area contributed by atoms with Crippen LogP contribution in [0.15, 0.2) is 18.2 Å². The van der Waals surface area contributed by atoms with Crippen LogP contribution in [-0.4, -0.2) is 34.6 Å². The van der Waals surface area contributed by atoms with Crippen molar-refractivity contribution in [2.45, 2.75) is 32.2 Å². The maximum absolute atomic E-state index is 13.2. The lowest BCUT2D eigenvalue weighted by Gasteiger charge is -2.22. The monoisotopic (exact) mass is 280 g/mol. The number of urea groups is 1. The van der Waals surface area contributed by atoms with Crippen molar-refractivity contribution in [3.05, 3.63) is 29.6 Å². The van der Waals surface area contributed by atoms with Crippen LogP contribution in [0.25, 0.3) is 0 Å². The Bertz CT molecular complexity index is 529. The number of amides is 2. The average Bonchev–Trinajstić information content (AvgIpc) is 3.19. The van der Waals surface area contributed by atoms with Crippen molar-refractivity contribution in [1.82, 2.24) is 4.90 Å². The molecule has 5 nitrogen and oxygen atoms in total. The topological polar surface area (TPSA) is 69.6 Å². The summed E-state index contributed by atoms with van der Waals surface area (Å²) >= 11 is 0. The van der Waals surface area contributed by atoms with Gasteiger partial charge in [-0.3, -0.25) is 0 Å². The van der Waals surface area contributed by atoms with E-state index in [4.69, 9.17) is 5.11 Å². The van der Waals surface area contributed by atoms with E-state index in [1.165, 1.54) is 0 Å². The van der Waals surface area contributed by atoms with Gasteiger partial charge in [0.15, 0.2) is 0 Å². The van der Waals surface area contributed by atoms with Crippen molar-refractivity contribution in [1.29, 1.82) is 0 Å². The lowest BCUT2D eigenvalue weighted by molar-refractivity contribution is 0.0698. The predicted molar refractivity (Wildman–Crippen MR) is 72.4 cm³/mol. The van der Waals surface area contributed by atoms with Gasteiger partial charge in [-0.15, -0.1) is 0 Å². The van der Waals surface area contributed by atoms with Gasteiger partial charge in [0.25, 0.3) is 0 Å². The third kappa shape index (κ3) is 3.26. The molecule has 2 amide bonds. The highest BCUT2D eigenvalue weighted by Gasteiger charge is 2.32. The Kier molecular flexibility index (Phi) is 4.22. The van der Waals surface area contributed by atoms with Gasteiger partial charge in [0.1, 0.15) is 5.82 Å². The van der Waals surface area contributed by atoms with E-state index in [9.17, 15) is 14.0 Å². The molecular weight excluding hydrogens is 263 g/mol. The number of carbonyl (C=O) groups is 2. The molecule has 1 aromatic carbocycles. The third-order valence-corrected chi connectivity index (χ3v) is 3.17. The zero-order chi connectivity index (χ0) is 14.7. The van der Waals surface area contributed by atoms with E-state index in [2.05, 4.69) is 5.32 Å². The molecule has 1 aliphatic carbocycles. The van der Waals surface area contributed by atoms with Crippen LogP contribution < -0.4 is 5.32 Å². The Labute approximate surface area is 116 Å². The van der Waals surface area contributed by atoms with E-state index in [1.54, 1.807) is 4.90 Å². The second-order valence-electron chi connectivity index (χ2n) is 4.85.